The van der Waals surface area contributed by atoms with Gasteiger partial charge in [-0.2, -0.15) is 0 Å². The van der Waals surface area contributed by atoms with Crippen molar-refractivity contribution in [3.05, 3.63) is 59.9 Å². The topological polar surface area (TPSA) is 50.4 Å². The van der Waals surface area contributed by atoms with Crippen molar-refractivity contribution in [2.45, 2.75) is 12.8 Å². The van der Waals surface area contributed by atoms with E-state index in [1.54, 1.807) is 43.5 Å². The van der Waals surface area contributed by atoms with Gasteiger partial charge in [0.1, 0.15) is 11.6 Å². The van der Waals surface area contributed by atoms with Gasteiger partial charge in [-0.1, -0.05) is 12.1 Å². The monoisotopic (exact) mass is 316 g/mol. The molecule has 0 fully saturated rings. The average Bonchev–Trinajstić information content (AvgIpc) is 2.57. The summed E-state index contributed by atoms with van der Waals surface area (Å²) in [5.74, 6) is 0.492. The van der Waals surface area contributed by atoms with Crippen LogP contribution in [0.1, 0.15) is 12.0 Å². The number of halogens is 1. The molecule has 4 nitrogen and oxygen atoms in total. The Kier molecular flexibility index (Phi) is 6.56. The molecule has 1 amide bonds. The fourth-order valence-corrected chi connectivity index (χ4v) is 2.11. The van der Waals surface area contributed by atoms with Gasteiger partial charge < -0.3 is 15.4 Å². The summed E-state index contributed by atoms with van der Waals surface area (Å²) in [5.41, 5.74) is 1.82. The molecule has 0 aliphatic rings. The van der Waals surface area contributed by atoms with Gasteiger partial charge in [-0.25, -0.2) is 4.39 Å². The molecule has 2 aromatic carbocycles. The number of amides is 1. The Balaban J connectivity index is 1.61. The lowest BCUT2D eigenvalue weighted by Crippen LogP contribution is -2.23. The van der Waals surface area contributed by atoms with Crippen LogP contribution in [0.3, 0.4) is 0 Å². The Morgan fingerprint density at radius 2 is 1.74 bits per heavy atom. The first-order valence-corrected chi connectivity index (χ1v) is 7.56. The van der Waals surface area contributed by atoms with Crippen LogP contribution in [0.5, 0.6) is 5.75 Å². The zero-order chi connectivity index (χ0) is 16.5. The smallest absolute Gasteiger partial charge is 0.225 e. The molecule has 2 N–H and O–H groups in total. The van der Waals surface area contributed by atoms with E-state index in [-0.39, 0.29) is 11.7 Å². The molecule has 0 atom stereocenters. The van der Waals surface area contributed by atoms with E-state index in [1.807, 2.05) is 0 Å². The van der Waals surface area contributed by atoms with E-state index in [1.165, 1.54) is 12.1 Å². The van der Waals surface area contributed by atoms with Gasteiger partial charge in [0, 0.05) is 18.7 Å². The van der Waals surface area contributed by atoms with Gasteiger partial charge in [0.05, 0.1) is 7.11 Å². The summed E-state index contributed by atoms with van der Waals surface area (Å²) in [7, 11) is 1.60. The van der Waals surface area contributed by atoms with Crippen molar-refractivity contribution >= 4 is 11.6 Å². The van der Waals surface area contributed by atoms with Gasteiger partial charge in [0.25, 0.3) is 0 Å². The van der Waals surface area contributed by atoms with E-state index in [4.69, 9.17) is 4.74 Å². The molecule has 0 aliphatic heterocycles. The first-order chi connectivity index (χ1) is 11.2. The maximum atomic E-state index is 12.8. The van der Waals surface area contributed by atoms with Crippen LogP contribution >= 0.6 is 0 Å². The summed E-state index contributed by atoms with van der Waals surface area (Å²) in [6.45, 7) is 1.35. The summed E-state index contributed by atoms with van der Waals surface area (Å²) in [4.78, 5) is 11.8. The van der Waals surface area contributed by atoms with Crippen LogP contribution in [0.4, 0.5) is 10.1 Å². The molecular weight excluding hydrogens is 295 g/mol. The molecule has 122 valence electrons. The normalized spacial score (nSPS) is 10.3. The number of rotatable bonds is 8. The molecule has 0 aliphatic carbocycles. The number of methoxy groups -OCH3 is 1. The molecule has 0 radical (unpaired) electrons. The summed E-state index contributed by atoms with van der Waals surface area (Å²) in [5, 5.41) is 6.04. The summed E-state index contributed by atoms with van der Waals surface area (Å²) >= 11 is 0. The lowest BCUT2D eigenvalue weighted by Gasteiger charge is -2.07. The lowest BCUT2D eigenvalue weighted by molar-refractivity contribution is -0.116. The highest BCUT2D eigenvalue weighted by atomic mass is 19.1. The van der Waals surface area contributed by atoms with Crippen LogP contribution < -0.4 is 15.4 Å². The number of hydrogen-bond donors (Lipinski definition) is 2. The number of ether oxygens (including phenoxy) is 1. The second kappa shape index (κ2) is 8.90. The molecule has 2 rings (SSSR count). The van der Waals surface area contributed by atoms with E-state index in [9.17, 15) is 9.18 Å². The zero-order valence-corrected chi connectivity index (χ0v) is 13.1. The third-order valence-electron chi connectivity index (χ3n) is 3.41. The van der Waals surface area contributed by atoms with Gasteiger partial charge in [0.2, 0.25) is 5.91 Å². The average molecular weight is 316 g/mol. The first-order valence-electron chi connectivity index (χ1n) is 7.56. The Labute approximate surface area is 135 Å². The SMILES string of the molecule is COc1ccc(NC(=O)CCNCCc2ccc(F)cc2)cc1. The molecule has 0 saturated heterocycles. The van der Waals surface area contributed by atoms with E-state index >= 15 is 0 Å². The van der Waals surface area contributed by atoms with Crippen molar-refractivity contribution in [3.63, 3.8) is 0 Å². The van der Waals surface area contributed by atoms with Crippen molar-refractivity contribution < 1.29 is 13.9 Å². The van der Waals surface area contributed by atoms with Gasteiger partial charge in [-0.15, -0.1) is 0 Å². The van der Waals surface area contributed by atoms with E-state index in [0.29, 0.717) is 13.0 Å². The number of carbonyl (C=O) groups is 1. The quantitative estimate of drug-likeness (QED) is 0.736. The van der Waals surface area contributed by atoms with Gasteiger partial charge in [0.15, 0.2) is 0 Å². The van der Waals surface area contributed by atoms with Crippen LogP contribution in [0.15, 0.2) is 48.5 Å². The number of anilines is 1. The van der Waals surface area contributed by atoms with Crippen molar-refractivity contribution in [2.75, 3.05) is 25.5 Å². The molecule has 0 unspecified atom stereocenters. The minimum Gasteiger partial charge on any atom is -0.497 e. The highest BCUT2D eigenvalue weighted by Crippen LogP contribution is 2.14. The highest BCUT2D eigenvalue weighted by molar-refractivity contribution is 5.90. The first kappa shape index (κ1) is 17.0. The summed E-state index contributed by atoms with van der Waals surface area (Å²) in [6, 6.07) is 13.7. The number of hydrogen-bond acceptors (Lipinski definition) is 3. The third kappa shape index (κ3) is 6.08. The minimum atomic E-state index is -0.225. The van der Waals surface area contributed by atoms with E-state index in [0.717, 1.165) is 30.0 Å². The largest absolute Gasteiger partial charge is 0.497 e. The van der Waals surface area contributed by atoms with Crippen molar-refractivity contribution in [2.24, 2.45) is 0 Å². The standard InChI is InChI=1S/C18H21FN2O2/c1-23-17-8-6-16(7-9-17)21-18(22)11-13-20-12-10-14-2-4-15(19)5-3-14/h2-9,20H,10-13H2,1H3,(H,21,22). The molecule has 0 spiro atoms. The van der Waals surface area contributed by atoms with Gasteiger partial charge in [-0.05, 0) is 54.9 Å². The maximum absolute atomic E-state index is 12.8. The van der Waals surface area contributed by atoms with Crippen LogP contribution in [0, 0.1) is 5.82 Å². The molecule has 5 heteroatoms. The Hall–Kier alpha value is -2.40. The van der Waals surface area contributed by atoms with E-state index < -0.39 is 0 Å². The lowest BCUT2D eigenvalue weighted by atomic mass is 10.1. The van der Waals surface area contributed by atoms with Crippen LogP contribution in [0.25, 0.3) is 0 Å². The predicted octanol–water partition coefficient (Wildman–Crippen LogP) is 3.00. The third-order valence-corrected chi connectivity index (χ3v) is 3.41. The van der Waals surface area contributed by atoms with Crippen molar-refractivity contribution in [1.82, 2.24) is 5.32 Å². The molecule has 0 saturated carbocycles. The van der Waals surface area contributed by atoms with Crippen LogP contribution in [-0.2, 0) is 11.2 Å². The predicted molar refractivity (Wildman–Crippen MR) is 89.2 cm³/mol. The molecule has 2 aromatic rings. The summed E-state index contributed by atoms with van der Waals surface area (Å²) < 4.78 is 17.8. The fraction of sp³-hybridized carbons (Fsp3) is 0.278. The van der Waals surface area contributed by atoms with Gasteiger partial charge in [-0.3, -0.25) is 4.79 Å². The second-order valence-corrected chi connectivity index (χ2v) is 5.15. The summed E-state index contributed by atoms with van der Waals surface area (Å²) in [6.07, 6.45) is 1.20. The molecule has 23 heavy (non-hydrogen) atoms. The molecule has 0 bridgehead atoms. The minimum absolute atomic E-state index is 0.0375. The Morgan fingerprint density at radius 1 is 1.04 bits per heavy atom. The number of nitrogens with one attached hydrogen (secondary N) is 2. The van der Waals surface area contributed by atoms with Crippen LogP contribution in [0.2, 0.25) is 0 Å². The maximum Gasteiger partial charge on any atom is 0.225 e. The zero-order valence-electron chi connectivity index (χ0n) is 13.1. The molecular formula is C18H21FN2O2. The van der Waals surface area contributed by atoms with Gasteiger partial charge >= 0.3 is 0 Å². The molecule has 0 heterocycles. The van der Waals surface area contributed by atoms with Crippen molar-refractivity contribution in [1.29, 1.82) is 0 Å². The van der Waals surface area contributed by atoms with Crippen molar-refractivity contribution in [3.8, 4) is 5.75 Å². The second-order valence-electron chi connectivity index (χ2n) is 5.15. The Morgan fingerprint density at radius 3 is 2.39 bits per heavy atom. The Bertz CT molecular complexity index is 612. The number of benzene rings is 2. The highest BCUT2D eigenvalue weighted by Gasteiger charge is 2.02. The molecule has 0 aromatic heterocycles. The van der Waals surface area contributed by atoms with E-state index in [2.05, 4.69) is 10.6 Å². The fourth-order valence-electron chi connectivity index (χ4n) is 2.11. The van der Waals surface area contributed by atoms with Crippen LogP contribution in [-0.4, -0.2) is 26.1 Å². The number of carbonyl (C=O) groups excluding carboxylic acids is 1.